The molecule has 2 nitrogen and oxygen atoms in total. The second kappa shape index (κ2) is 5.57. The monoisotopic (exact) mass is 262 g/mol. The molecule has 2 aromatic rings. The Balaban J connectivity index is 1.80. The molecule has 3 rings (SSSR count). The lowest BCUT2D eigenvalue weighted by Gasteiger charge is -2.17. The normalized spacial score (nSPS) is 16.2. The first-order valence-corrected chi connectivity index (χ1v) is 6.55. The molecule has 98 valence electrons. The Labute approximate surface area is 118 Å². The van der Waals surface area contributed by atoms with Crippen molar-refractivity contribution in [3.05, 3.63) is 83.4 Å². The summed E-state index contributed by atoms with van der Waals surface area (Å²) in [7, 11) is 0. The number of carbonyl (C=O) groups excluding carboxylic acids is 1. The molecule has 1 aliphatic rings. The number of rotatable bonds is 2. The van der Waals surface area contributed by atoms with Crippen LogP contribution < -0.4 is 4.74 Å². The molecule has 0 radical (unpaired) electrons. The molecule has 0 aliphatic carbocycles. The summed E-state index contributed by atoms with van der Waals surface area (Å²) in [5, 5.41) is 0. The van der Waals surface area contributed by atoms with Crippen molar-refractivity contribution in [1.29, 1.82) is 0 Å². The average molecular weight is 262 g/mol. The molecule has 0 amide bonds. The Kier molecular flexibility index (Phi) is 3.46. The summed E-state index contributed by atoms with van der Waals surface area (Å²) >= 11 is 0. The molecule has 0 unspecified atom stereocenters. The van der Waals surface area contributed by atoms with Gasteiger partial charge < -0.3 is 4.74 Å². The van der Waals surface area contributed by atoms with E-state index in [9.17, 15) is 4.79 Å². The van der Waals surface area contributed by atoms with Crippen LogP contribution in [0.3, 0.4) is 0 Å². The molecule has 0 fully saturated rings. The Morgan fingerprint density at radius 3 is 2.55 bits per heavy atom. The van der Waals surface area contributed by atoms with Crippen molar-refractivity contribution in [2.45, 2.75) is 6.42 Å². The lowest BCUT2D eigenvalue weighted by Crippen LogP contribution is -2.19. The van der Waals surface area contributed by atoms with Crippen LogP contribution in [0.5, 0.6) is 5.75 Å². The Bertz CT molecular complexity index is 682. The van der Waals surface area contributed by atoms with Gasteiger partial charge in [0.15, 0.2) is 0 Å². The third kappa shape index (κ3) is 2.69. The molecule has 20 heavy (non-hydrogen) atoms. The molecule has 0 aromatic heterocycles. The fraction of sp³-hybridized carbons (Fsp3) is 0.0556. The minimum Gasteiger partial charge on any atom is -0.423 e. The van der Waals surface area contributed by atoms with Crippen LogP contribution in [0.15, 0.2) is 72.3 Å². The summed E-state index contributed by atoms with van der Waals surface area (Å²) in [4.78, 5) is 11.9. The smallest absolute Gasteiger partial charge is 0.339 e. The van der Waals surface area contributed by atoms with Crippen molar-refractivity contribution >= 4 is 12.0 Å². The zero-order chi connectivity index (χ0) is 13.8. The number of hydrogen-bond donors (Lipinski definition) is 0. The summed E-state index contributed by atoms with van der Waals surface area (Å²) in [6, 6.07) is 17.6. The van der Waals surface area contributed by atoms with Crippen molar-refractivity contribution in [2.75, 3.05) is 0 Å². The van der Waals surface area contributed by atoms with Crippen LogP contribution in [0.4, 0.5) is 0 Å². The molecule has 0 spiro atoms. The number of hydrogen-bond acceptors (Lipinski definition) is 2. The predicted molar refractivity (Wildman–Crippen MR) is 79.3 cm³/mol. The summed E-state index contributed by atoms with van der Waals surface area (Å²) in [5.74, 6) is 0.406. The molecule has 0 saturated heterocycles. The van der Waals surface area contributed by atoms with Crippen LogP contribution in [0.1, 0.15) is 11.1 Å². The molecular formula is C18H14O2. The SMILES string of the molecule is O=C1Oc2ccccc2CC1=CC=Cc1ccccc1. The first kappa shape index (κ1) is 12.4. The van der Waals surface area contributed by atoms with Crippen LogP contribution >= 0.6 is 0 Å². The zero-order valence-electron chi connectivity index (χ0n) is 11.0. The van der Waals surface area contributed by atoms with E-state index in [2.05, 4.69) is 0 Å². The van der Waals surface area contributed by atoms with E-state index in [1.54, 1.807) is 0 Å². The Morgan fingerprint density at radius 2 is 1.70 bits per heavy atom. The summed E-state index contributed by atoms with van der Waals surface area (Å²) in [5.41, 5.74) is 2.83. The second-order valence-electron chi connectivity index (χ2n) is 4.64. The number of benzene rings is 2. The number of para-hydroxylation sites is 1. The minimum atomic E-state index is -0.263. The van der Waals surface area contributed by atoms with Gasteiger partial charge in [0.1, 0.15) is 5.75 Å². The molecule has 0 bridgehead atoms. The summed E-state index contributed by atoms with van der Waals surface area (Å²) < 4.78 is 5.31. The molecule has 1 heterocycles. The van der Waals surface area contributed by atoms with Crippen LogP contribution in [-0.2, 0) is 11.2 Å². The van der Waals surface area contributed by atoms with Gasteiger partial charge in [-0.1, -0.05) is 66.8 Å². The van der Waals surface area contributed by atoms with Crippen molar-refractivity contribution in [2.24, 2.45) is 0 Å². The molecule has 0 saturated carbocycles. The third-order valence-corrected chi connectivity index (χ3v) is 3.20. The van der Waals surface area contributed by atoms with Crippen LogP contribution in [0.2, 0.25) is 0 Å². The number of carbonyl (C=O) groups is 1. The average Bonchev–Trinajstić information content (AvgIpc) is 2.49. The van der Waals surface area contributed by atoms with Gasteiger partial charge in [0, 0.05) is 12.0 Å². The quantitative estimate of drug-likeness (QED) is 0.467. The van der Waals surface area contributed by atoms with Gasteiger partial charge in [0.2, 0.25) is 0 Å². The van der Waals surface area contributed by atoms with E-state index in [1.807, 2.05) is 72.8 Å². The predicted octanol–water partition coefficient (Wildman–Crippen LogP) is 3.79. The Morgan fingerprint density at radius 1 is 0.950 bits per heavy atom. The van der Waals surface area contributed by atoms with Crippen molar-refractivity contribution < 1.29 is 9.53 Å². The summed E-state index contributed by atoms with van der Waals surface area (Å²) in [6.07, 6.45) is 6.31. The lowest BCUT2D eigenvalue weighted by atomic mass is 10.0. The fourth-order valence-electron chi connectivity index (χ4n) is 2.16. The number of fused-ring (bicyclic) bond motifs is 1. The number of esters is 1. The van der Waals surface area contributed by atoms with Gasteiger partial charge in [0.25, 0.3) is 0 Å². The minimum absolute atomic E-state index is 0.263. The number of ether oxygens (including phenoxy) is 1. The van der Waals surface area contributed by atoms with Crippen molar-refractivity contribution in [1.82, 2.24) is 0 Å². The van der Waals surface area contributed by atoms with E-state index in [0.717, 1.165) is 11.1 Å². The van der Waals surface area contributed by atoms with E-state index in [-0.39, 0.29) is 5.97 Å². The fourth-order valence-corrected chi connectivity index (χ4v) is 2.16. The van der Waals surface area contributed by atoms with Gasteiger partial charge in [-0.25, -0.2) is 4.79 Å². The molecule has 2 aromatic carbocycles. The maximum Gasteiger partial charge on any atom is 0.339 e. The highest BCUT2D eigenvalue weighted by molar-refractivity contribution is 5.93. The number of allylic oxidation sites excluding steroid dienone is 2. The van der Waals surface area contributed by atoms with E-state index in [1.165, 1.54) is 0 Å². The molecular weight excluding hydrogens is 248 g/mol. The van der Waals surface area contributed by atoms with Gasteiger partial charge in [0.05, 0.1) is 0 Å². The highest BCUT2D eigenvalue weighted by atomic mass is 16.5. The van der Waals surface area contributed by atoms with Gasteiger partial charge in [-0.05, 0) is 17.2 Å². The van der Waals surface area contributed by atoms with E-state index < -0.39 is 0 Å². The maximum absolute atomic E-state index is 11.9. The van der Waals surface area contributed by atoms with Crippen molar-refractivity contribution in [3.63, 3.8) is 0 Å². The second-order valence-corrected chi connectivity index (χ2v) is 4.64. The van der Waals surface area contributed by atoms with Crippen molar-refractivity contribution in [3.8, 4) is 5.75 Å². The van der Waals surface area contributed by atoms with Crippen LogP contribution in [-0.4, -0.2) is 5.97 Å². The van der Waals surface area contributed by atoms with Gasteiger partial charge in [-0.15, -0.1) is 0 Å². The first-order valence-electron chi connectivity index (χ1n) is 6.55. The standard InChI is InChI=1S/C18H14O2/c19-18-16(11-6-9-14-7-2-1-3-8-14)13-15-10-4-5-12-17(15)20-18/h1-12H,13H2. The zero-order valence-corrected chi connectivity index (χ0v) is 11.0. The Hall–Kier alpha value is -2.61. The molecule has 0 N–H and O–H groups in total. The van der Waals surface area contributed by atoms with E-state index in [0.29, 0.717) is 17.7 Å². The molecule has 0 atom stereocenters. The van der Waals surface area contributed by atoms with Gasteiger partial charge in [-0.3, -0.25) is 0 Å². The van der Waals surface area contributed by atoms with Gasteiger partial charge in [-0.2, -0.15) is 0 Å². The lowest BCUT2D eigenvalue weighted by molar-refractivity contribution is -0.130. The largest absolute Gasteiger partial charge is 0.423 e. The topological polar surface area (TPSA) is 26.3 Å². The van der Waals surface area contributed by atoms with E-state index >= 15 is 0 Å². The van der Waals surface area contributed by atoms with Gasteiger partial charge >= 0.3 is 5.97 Å². The maximum atomic E-state index is 11.9. The molecule has 2 heteroatoms. The first-order chi connectivity index (χ1) is 9.83. The molecule has 1 aliphatic heterocycles. The highest BCUT2D eigenvalue weighted by Crippen LogP contribution is 2.27. The van der Waals surface area contributed by atoms with E-state index in [4.69, 9.17) is 4.74 Å². The highest BCUT2D eigenvalue weighted by Gasteiger charge is 2.20. The van der Waals surface area contributed by atoms with Crippen LogP contribution in [0.25, 0.3) is 6.08 Å². The van der Waals surface area contributed by atoms with Crippen LogP contribution in [0, 0.1) is 0 Å². The summed E-state index contributed by atoms with van der Waals surface area (Å²) in [6.45, 7) is 0. The third-order valence-electron chi connectivity index (χ3n) is 3.20.